The first kappa shape index (κ1) is 10.8. The Hall–Kier alpha value is -1.36. The highest BCUT2D eigenvalue weighted by atomic mass is 35.5. The first-order valence-electron chi connectivity index (χ1n) is 5.26. The number of ether oxygens (including phenoxy) is 2. The Labute approximate surface area is 102 Å². The quantitative estimate of drug-likeness (QED) is 0.835. The monoisotopic (exact) mass is 251 g/mol. The molecule has 1 aliphatic heterocycles. The number of hydrogen-bond acceptors (Lipinski definition) is 3. The van der Waals surface area contributed by atoms with Gasteiger partial charge in [-0.15, -0.1) is 0 Å². The maximum absolute atomic E-state index is 11.1. The molecule has 0 bridgehead atoms. The van der Waals surface area contributed by atoms with Crippen molar-refractivity contribution in [3.05, 3.63) is 34.5 Å². The standard InChI is InChI=1S/C12H10ClNO3/c1-6-16-12(17-6)11-9(5-15)8-3-2-7(13)4-10(8)14-11/h2-6,12,14H,1H3. The summed E-state index contributed by atoms with van der Waals surface area (Å²) in [5.41, 5.74) is 2.02. The minimum absolute atomic E-state index is 0.227. The van der Waals surface area contributed by atoms with Crippen LogP contribution >= 0.6 is 11.6 Å². The molecule has 0 unspecified atom stereocenters. The van der Waals surface area contributed by atoms with Gasteiger partial charge in [-0.05, 0) is 19.1 Å². The lowest BCUT2D eigenvalue weighted by atomic mass is 10.1. The summed E-state index contributed by atoms with van der Waals surface area (Å²) in [6.07, 6.45) is 0.0866. The molecule has 1 fully saturated rings. The zero-order valence-corrected chi connectivity index (χ0v) is 9.82. The molecule has 0 radical (unpaired) electrons. The van der Waals surface area contributed by atoms with Gasteiger partial charge in [0.15, 0.2) is 12.6 Å². The van der Waals surface area contributed by atoms with E-state index in [2.05, 4.69) is 4.98 Å². The van der Waals surface area contributed by atoms with Crippen LogP contribution in [0.5, 0.6) is 0 Å². The van der Waals surface area contributed by atoms with E-state index in [1.807, 2.05) is 6.07 Å². The van der Waals surface area contributed by atoms with Crippen LogP contribution in [0, 0.1) is 0 Å². The molecule has 3 rings (SSSR count). The molecule has 88 valence electrons. The van der Waals surface area contributed by atoms with Crippen LogP contribution in [0.25, 0.3) is 10.9 Å². The highest BCUT2D eigenvalue weighted by Gasteiger charge is 2.32. The minimum atomic E-state index is -0.489. The molecule has 0 amide bonds. The fourth-order valence-corrected chi connectivity index (χ4v) is 2.19. The van der Waals surface area contributed by atoms with Crippen LogP contribution in [-0.2, 0) is 9.47 Å². The third-order valence-electron chi connectivity index (χ3n) is 2.82. The zero-order valence-electron chi connectivity index (χ0n) is 9.07. The number of halogens is 1. The molecule has 1 saturated heterocycles. The van der Waals surface area contributed by atoms with Gasteiger partial charge in [-0.3, -0.25) is 4.79 Å². The molecule has 5 heteroatoms. The number of nitrogens with one attached hydrogen (secondary N) is 1. The fraction of sp³-hybridized carbons (Fsp3) is 0.250. The van der Waals surface area contributed by atoms with Gasteiger partial charge >= 0.3 is 0 Å². The summed E-state index contributed by atoms with van der Waals surface area (Å²) in [4.78, 5) is 14.3. The van der Waals surface area contributed by atoms with E-state index in [1.165, 1.54) is 0 Å². The Bertz CT molecular complexity index is 587. The number of aromatic nitrogens is 1. The fourth-order valence-electron chi connectivity index (χ4n) is 2.02. The average molecular weight is 252 g/mol. The average Bonchev–Trinajstić information content (AvgIpc) is 2.61. The molecule has 1 aromatic heterocycles. The van der Waals surface area contributed by atoms with Gasteiger partial charge in [0, 0.05) is 21.5 Å². The highest BCUT2D eigenvalue weighted by Crippen LogP contribution is 2.35. The molecule has 0 saturated carbocycles. The van der Waals surface area contributed by atoms with Crippen LogP contribution < -0.4 is 0 Å². The third-order valence-corrected chi connectivity index (χ3v) is 3.05. The van der Waals surface area contributed by atoms with Crippen molar-refractivity contribution < 1.29 is 14.3 Å². The minimum Gasteiger partial charge on any atom is -0.354 e. The largest absolute Gasteiger partial charge is 0.354 e. The maximum Gasteiger partial charge on any atom is 0.205 e. The molecule has 0 atom stereocenters. The number of H-pyrrole nitrogens is 1. The Morgan fingerprint density at radius 2 is 2.18 bits per heavy atom. The van der Waals surface area contributed by atoms with Crippen molar-refractivity contribution in [3.63, 3.8) is 0 Å². The van der Waals surface area contributed by atoms with E-state index in [0.29, 0.717) is 16.3 Å². The predicted molar refractivity (Wildman–Crippen MR) is 63.1 cm³/mol. The first-order valence-corrected chi connectivity index (χ1v) is 5.64. The lowest BCUT2D eigenvalue weighted by molar-refractivity contribution is -0.383. The van der Waals surface area contributed by atoms with E-state index in [1.54, 1.807) is 19.1 Å². The predicted octanol–water partition coefficient (Wildman–Crippen LogP) is 3.03. The van der Waals surface area contributed by atoms with Crippen LogP contribution in [0.4, 0.5) is 0 Å². The summed E-state index contributed by atoms with van der Waals surface area (Å²) in [7, 11) is 0. The summed E-state index contributed by atoms with van der Waals surface area (Å²) in [5.74, 6) is 0. The Kier molecular flexibility index (Phi) is 2.43. The van der Waals surface area contributed by atoms with Crippen molar-refractivity contribution in [2.24, 2.45) is 0 Å². The lowest BCUT2D eigenvalue weighted by Crippen LogP contribution is -2.32. The summed E-state index contributed by atoms with van der Waals surface area (Å²) < 4.78 is 10.8. The van der Waals surface area contributed by atoms with Gasteiger partial charge in [0.1, 0.15) is 0 Å². The number of aldehydes is 1. The number of fused-ring (bicyclic) bond motifs is 1. The number of carbonyl (C=O) groups excluding carboxylic acids is 1. The number of rotatable bonds is 2. The number of hydrogen-bond donors (Lipinski definition) is 1. The Morgan fingerprint density at radius 3 is 2.82 bits per heavy atom. The van der Waals surface area contributed by atoms with Gasteiger partial charge in [0.2, 0.25) is 6.29 Å². The van der Waals surface area contributed by atoms with Crippen LogP contribution in [0.15, 0.2) is 18.2 Å². The maximum atomic E-state index is 11.1. The van der Waals surface area contributed by atoms with E-state index >= 15 is 0 Å². The Balaban J connectivity index is 2.14. The van der Waals surface area contributed by atoms with Crippen molar-refractivity contribution in [2.45, 2.75) is 19.5 Å². The van der Waals surface area contributed by atoms with Gasteiger partial charge in [0.25, 0.3) is 0 Å². The molecule has 0 aliphatic carbocycles. The molecule has 1 aromatic carbocycles. The molecule has 17 heavy (non-hydrogen) atoms. The summed E-state index contributed by atoms with van der Waals surface area (Å²) in [5, 5.41) is 1.44. The molecular formula is C12H10ClNO3. The van der Waals surface area contributed by atoms with Gasteiger partial charge in [-0.25, -0.2) is 0 Å². The third kappa shape index (κ3) is 1.65. The molecule has 2 heterocycles. The summed E-state index contributed by atoms with van der Waals surface area (Å²) >= 11 is 5.90. The number of benzene rings is 1. The number of aromatic amines is 1. The molecular weight excluding hydrogens is 242 g/mol. The second kappa shape index (κ2) is 3.84. The van der Waals surface area contributed by atoms with Gasteiger partial charge in [-0.1, -0.05) is 17.7 Å². The molecule has 1 aliphatic rings. The molecule has 2 aromatic rings. The molecule has 0 spiro atoms. The summed E-state index contributed by atoms with van der Waals surface area (Å²) in [6.45, 7) is 1.80. The first-order chi connectivity index (χ1) is 8.19. The van der Waals surface area contributed by atoms with E-state index in [9.17, 15) is 4.79 Å². The van der Waals surface area contributed by atoms with E-state index in [4.69, 9.17) is 21.1 Å². The van der Waals surface area contributed by atoms with Crippen molar-refractivity contribution in [1.82, 2.24) is 4.98 Å². The van der Waals surface area contributed by atoms with Crippen molar-refractivity contribution in [3.8, 4) is 0 Å². The van der Waals surface area contributed by atoms with Gasteiger partial charge in [0.05, 0.1) is 5.69 Å². The topological polar surface area (TPSA) is 51.3 Å². The van der Waals surface area contributed by atoms with E-state index < -0.39 is 6.29 Å². The second-order valence-corrected chi connectivity index (χ2v) is 4.37. The van der Waals surface area contributed by atoms with Crippen LogP contribution in [0.3, 0.4) is 0 Å². The lowest BCUT2D eigenvalue weighted by Gasteiger charge is -2.33. The number of carbonyl (C=O) groups is 1. The van der Waals surface area contributed by atoms with Crippen LogP contribution in [0.2, 0.25) is 5.02 Å². The van der Waals surface area contributed by atoms with Crippen molar-refractivity contribution in [2.75, 3.05) is 0 Å². The zero-order chi connectivity index (χ0) is 12.0. The summed E-state index contributed by atoms with van der Waals surface area (Å²) in [6, 6.07) is 5.33. The highest BCUT2D eigenvalue weighted by molar-refractivity contribution is 6.31. The molecule has 4 nitrogen and oxygen atoms in total. The normalized spacial score (nSPS) is 23.6. The second-order valence-electron chi connectivity index (χ2n) is 3.93. The SMILES string of the molecule is CC1OC(c2[nH]c3cc(Cl)ccc3c2C=O)O1. The van der Waals surface area contributed by atoms with E-state index in [0.717, 1.165) is 17.2 Å². The van der Waals surface area contributed by atoms with Crippen LogP contribution in [0.1, 0.15) is 29.3 Å². The smallest absolute Gasteiger partial charge is 0.205 e. The van der Waals surface area contributed by atoms with Crippen LogP contribution in [-0.4, -0.2) is 17.6 Å². The van der Waals surface area contributed by atoms with Gasteiger partial charge in [-0.2, -0.15) is 0 Å². The van der Waals surface area contributed by atoms with Crippen molar-refractivity contribution in [1.29, 1.82) is 0 Å². The van der Waals surface area contributed by atoms with E-state index in [-0.39, 0.29) is 6.29 Å². The molecule has 1 N–H and O–H groups in total. The van der Waals surface area contributed by atoms with Gasteiger partial charge < -0.3 is 14.5 Å². The van der Waals surface area contributed by atoms with Crippen molar-refractivity contribution >= 4 is 28.8 Å². The Morgan fingerprint density at radius 1 is 1.41 bits per heavy atom.